The first-order chi connectivity index (χ1) is 28.9. The van der Waals surface area contributed by atoms with E-state index in [1.807, 2.05) is 68.6 Å². The van der Waals surface area contributed by atoms with Gasteiger partial charge in [0.15, 0.2) is 0 Å². The van der Waals surface area contributed by atoms with Gasteiger partial charge in [0.25, 0.3) is 0 Å². The first-order valence-electron chi connectivity index (χ1n) is 20.7. The third-order valence-electron chi connectivity index (χ3n) is 11.2. The lowest BCUT2D eigenvalue weighted by molar-refractivity contribution is 0.477. The van der Waals surface area contributed by atoms with E-state index in [0.29, 0.717) is 11.4 Å². The molecule has 0 fully saturated rings. The topological polar surface area (TPSA) is 50.9 Å². The zero-order chi connectivity index (χ0) is 41.6. The summed E-state index contributed by atoms with van der Waals surface area (Å²) in [7, 11) is 0. The summed E-state index contributed by atoms with van der Waals surface area (Å²) in [5.41, 5.74) is 15.8. The number of phenols is 1. The number of para-hydroxylation sites is 2. The van der Waals surface area contributed by atoms with Crippen molar-refractivity contribution in [3.63, 3.8) is 0 Å². The number of hydrogen-bond acceptors (Lipinski definition) is 3. The van der Waals surface area contributed by atoms with Crippen molar-refractivity contribution in [2.75, 3.05) is 0 Å². The molecule has 2 heterocycles. The van der Waals surface area contributed by atoms with Crippen LogP contribution in [-0.4, -0.2) is 19.6 Å². The summed E-state index contributed by atoms with van der Waals surface area (Å²) in [4.78, 5) is 10.4. The van der Waals surface area contributed by atoms with Crippen molar-refractivity contribution in [1.29, 1.82) is 0 Å². The van der Waals surface area contributed by atoms with Crippen LogP contribution in [0.25, 0.3) is 83.9 Å². The fourth-order valence-corrected chi connectivity index (χ4v) is 7.96. The number of rotatable bonds is 8. The third kappa shape index (κ3) is 7.35. The molecule has 0 spiro atoms. The minimum absolute atomic E-state index is 0.0629. The van der Waals surface area contributed by atoms with Gasteiger partial charge in [-0.15, -0.1) is 0 Å². The van der Waals surface area contributed by atoms with E-state index in [9.17, 15) is 5.11 Å². The minimum Gasteiger partial charge on any atom is -0.507 e. The minimum atomic E-state index is -0.668. The molecule has 0 amide bonds. The summed E-state index contributed by atoms with van der Waals surface area (Å²) in [5, 5.41) is 11.4. The Hall–Kier alpha value is -7.04. The van der Waals surface area contributed by atoms with E-state index in [1.54, 1.807) is 6.07 Å². The van der Waals surface area contributed by atoms with E-state index < -0.39 is 5.89 Å². The molecule has 4 nitrogen and oxygen atoms in total. The molecular formula is C55H47N3O. The van der Waals surface area contributed by atoms with Gasteiger partial charge >= 0.3 is 0 Å². The SMILES string of the molecule is [2H]C(C)(C)c1ccc(-c2ccnc(-c3cc(-c4ccccc4)cc(-c4cccc5c4nc(-c4ccccc4O)n5-c4ccc(C(C)(C)C)cc4-c4ccccc4)c3)c2)cc1. The molecule has 0 atom stereocenters. The van der Waals surface area contributed by atoms with Gasteiger partial charge in [0.2, 0.25) is 0 Å². The number of imidazole rings is 1. The Balaban J connectivity index is 1.27. The Morgan fingerprint density at radius 3 is 1.90 bits per heavy atom. The Morgan fingerprint density at radius 1 is 0.542 bits per heavy atom. The predicted molar refractivity (Wildman–Crippen MR) is 246 cm³/mol. The quantitative estimate of drug-likeness (QED) is 0.168. The Kier molecular flexibility index (Phi) is 9.46. The lowest BCUT2D eigenvalue weighted by atomic mass is 9.85. The fraction of sp³-hybridized carbons (Fsp3) is 0.127. The maximum atomic E-state index is 11.4. The van der Waals surface area contributed by atoms with Crippen LogP contribution in [0.1, 0.15) is 53.0 Å². The zero-order valence-corrected chi connectivity index (χ0v) is 34.1. The summed E-state index contributed by atoms with van der Waals surface area (Å²) in [6, 6.07) is 60.6. The maximum Gasteiger partial charge on any atom is 0.149 e. The highest BCUT2D eigenvalue weighted by atomic mass is 16.3. The van der Waals surface area contributed by atoms with Gasteiger partial charge in [-0.3, -0.25) is 9.55 Å². The van der Waals surface area contributed by atoms with Crippen molar-refractivity contribution < 1.29 is 6.48 Å². The van der Waals surface area contributed by atoms with Gasteiger partial charge in [0.1, 0.15) is 11.6 Å². The first-order valence-corrected chi connectivity index (χ1v) is 20.2. The maximum absolute atomic E-state index is 11.4. The van der Waals surface area contributed by atoms with Gasteiger partial charge in [0.05, 0.1) is 28.0 Å². The molecule has 0 radical (unpaired) electrons. The van der Waals surface area contributed by atoms with Gasteiger partial charge in [-0.05, 0) is 116 Å². The highest BCUT2D eigenvalue weighted by molar-refractivity contribution is 5.98. The Labute approximate surface area is 348 Å². The van der Waals surface area contributed by atoms with Crippen molar-refractivity contribution in [2.45, 2.75) is 45.9 Å². The molecule has 0 aliphatic rings. The monoisotopic (exact) mass is 766 g/mol. The van der Waals surface area contributed by atoms with Crippen LogP contribution in [0.2, 0.25) is 0 Å². The van der Waals surface area contributed by atoms with Crippen LogP contribution < -0.4 is 0 Å². The molecular weight excluding hydrogens is 719 g/mol. The van der Waals surface area contributed by atoms with Gasteiger partial charge in [0, 0.05) is 24.3 Å². The van der Waals surface area contributed by atoms with Crippen molar-refractivity contribution in [3.05, 3.63) is 193 Å². The molecule has 0 aliphatic carbocycles. The zero-order valence-electron chi connectivity index (χ0n) is 35.1. The molecule has 0 saturated heterocycles. The van der Waals surface area contributed by atoms with Gasteiger partial charge in [-0.1, -0.05) is 150 Å². The highest BCUT2D eigenvalue weighted by Crippen LogP contribution is 2.42. The van der Waals surface area contributed by atoms with Gasteiger partial charge < -0.3 is 5.11 Å². The molecule has 9 aromatic rings. The average molecular weight is 767 g/mol. The lowest BCUT2D eigenvalue weighted by Gasteiger charge is -2.23. The summed E-state index contributed by atoms with van der Waals surface area (Å²) < 4.78 is 10.7. The second-order valence-electron chi connectivity index (χ2n) is 16.5. The summed E-state index contributed by atoms with van der Waals surface area (Å²) in [5.74, 6) is 0.156. The molecule has 288 valence electrons. The molecule has 2 aromatic heterocycles. The van der Waals surface area contributed by atoms with Crippen molar-refractivity contribution >= 4 is 11.0 Å². The first kappa shape index (κ1) is 36.3. The summed E-state index contributed by atoms with van der Waals surface area (Å²) in [6.45, 7) is 10.5. The predicted octanol–water partition coefficient (Wildman–Crippen LogP) is 14.5. The number of aromatic hydroxyl groups is 1. The van der Waals surface area contributed by atoms with E-state index in [2.05, 4.69) is 147 Å². The Bertz CT molecular complexity index is 2990. The largest absolute Gasteiger partial charge is 0.507 e. The number of hydrogen-bond donors (Lipinski definition) is 1. The van der Waals surface area contributed by atoms with E-state index in [4.69, 9.17) is 11.3 Å². The average Bonchev–Trinajstić information content (AvgIpc) is 3.66. The smallest absolute Gasteiger partial charge is 0.149 e. The number of aromatic nitrogens is 3. The number of nitrogens with zero attached hydrogens (tertiary/aromatic N) is 3. The van der Waals surface area contributed by atoms with Crippen LogP contribution in [0.15, 0.2) is 182 Å². The van der Waals surface area contributed by atoms with E-state index in [0.717, 1.165) is 78.0 Å². The Morgan fingerprint density at radius 2 is 1.19 bits per heavy atom. The fourth-order valence-electron chi connectivity index (χ4n) is 7.96. The van der Waals surface area contributed by atoms with Crippen molar-refractivity contribution in [2.24, 2.45) is 0 Å². The van der Waals surface area contributed by atoms with Crippen LogP contribution in [-0.2, 0) is 5.41 Å². The molecule has 4 heteroatoms. The number of phenolic OH excluding ortho intramolecular Hbond substituents is 1. The molecule has 0 bridgehead atoms. The van der Waals surface area contributed by atoms with Crippen LogP contribution in [0, 0.1) is 0 Å². The van der Waals surface area contributed by atoms with Crippen LogP contribution in [0.3, 0.4) is 0 Å². The van der Waals surface area contributed by atoms with E-state index in [1.165, 1.54) is 5.56 Å². The van der Waals surface area contributed by atoms with E-state index in [-0.39, 0.29) is 11.2 Å². The third-order valence-corrected chi connectivity index (χ3v) is 11.2. The molecule has 7 aromatic carbocycles. The number of pyridine rings is 1. The standard InChI is InChI=1S/C55H47N3O/c1-36(2)37-23-25-39(26-24-37)41-29-30-56-49(34-41)44-32-42(38-15-8-6-9-16-38)31-43(33-44)46-20-14-21-51-53(46)57-54(47-19-12-13-22-52(47)59)58(51)50-28-27-45(55(3,4)5)35-48(50)40-17-10-7-11-18-40/h6-36,59H,1-5H3/i36D. The summed E-state index contributed by atoms with van der Waals surface area (Å²) in [6.07, 6.45) is 1.87. The molecule has 1 N–H and O–H groups in total. The number of benzene rings is 7. The van der Waals surface area contributed by atoms with Gasteiger partial charge in [-0.25, -0.2) is 4.98 Å². The van der Waals surface area contributed by atoms with Crippen molar-refractivity contribution in [1.82, 2.24) is 14.5 Å². The van der Waals surface area contributed by atoms with Gasteiger partial charge in [-0.2, -0.15) is 0 Å². The summed E-state index contributed by atoms with van der Waals surface area (Å²) >= 11 is 0. The number of fused-ring (bicyclic) bond motifs is 1. The van der Waals surface area contributed by atoms with Crippen molar-refractivity contribution in [3.8, 4) is 78.6 Å². The highest BCUT2D eigenvalue weighted by Gasteiger charge is 2.24. The second kappa shape index (κ2) is 15.4. The van der Waals surface area contributed by atoms with Crippen LogP contribution in [0.5, 0.6) is 5.75 Å². The lowest BCUT2D eigenvalue weighted by Crippen LogP contribution is -2.12. The second-order valence-corrected chi connectivity index (χ2v) is 16.5. The van der Waals surface area contributed by atoms with Crippen LogP contribution >= 0.6 is 0 Å². The molecule has 0 unspecified atom stereocenters. The molecule has 9 rings (SSSR count). The normalized spacial score (nSPS) is 12.1. The molecule has 59 heavy (non-hydrogen) atoms. The molecule has 0 aliphatic heterocycles. The molecule has 0 saturated carbocycles. The van der Waals surface area contributed by atoms with E-state index >= 15 is 0 Å². The van der Waals surface area contributed by atoms with Crippen LogP contribution in [0.4, 0.5) is 0 Å².